The molecule has 2 aliphatic rings. The lowest BCUT2D eigenvalue weighted by atomic mass is 10.1. The Kier molecular flexibility index (Phi) is 4.54. The van der Waals surface area contributed by atoms with Gasteiger partial charge in [-0.3, -0.25) is 4.79 Å². The third kappa shape index (κ3) is 3.81. The van der Waals surface area contributed by atoms with Crippen LogP contribution in [0.4, 0.5) is 0 Å². The number of rotatable bonds is 7. The first kappa shape index (κ1) is 17.2. The SMILES string of the molecule is O=C(NC1CC1)c1ccc(CN(C2CC2)S(=O)(=O)c2ccccc2)cc1. The molecule has 4 rings (SSSR count). The van der Waals surface area contributed by atoms with E-state index in [0.717, 1.165) is 31.2 Å². The highest BCUT2D eigenvalue weighted by atomic mass is 32.2. The molecule has 1 N–H and O–H groups in total. The predicted octanol–water partition coefficient (Wildman–Crippen LogP) is 2.93. The minimum absolute atomic E-state index is 0.0602. The number of carbonyl (C=O) groups excluding carboxylic acids is 1. The molecule has 2 saturated carbocycles. The maximum atomic E-state index is 13.0. The minimum atomic E-state index is -3.52. The van der Waals surface area contributed by atoms with Gasteiger partial charge in [-0.2, -0.15) is 4.31 Å². The number of carbonyl (C=O) groups is 1. The number of hydrogen-bond acceptors (Lipinski definition) is 3. The van der Waals surface area contributed by atoms with Gasteiger partial charge in [0, 0.05) is 24.2 Å². The first-order chi connectivity index (χ1) is 12.5. The highest BCUT2D eigenvalue weighted by Gasteiger charge is 2.38. The third-order valence-corrected chi connectivity index (χ3v) is 6.68. The Morgan fingerprint density at radius 2 is 1.62 bits per heavy atom. The molecule has 0 saturated heterocycles. The van der Waals surface area contributed by atoms with Crippen molar-refractivity contribution in [2.75, 3.05) is 0 Å². The van der Waals surface area contributed by atoms with Gasteiger partial charge in [-0.15, -0.1) is 0 Å². The molecule has 6 heteroatoms. The molecule has 2 aliphatic carbocycles. The number of amides is 1. The lowest BCUT2D eigenvalue weighted by Gasteiger charge is -2.22. The van der Waals surface area contributed by atoms with E-state index >= 15 is 0 Å². The molecule has 0 spiro atoms. The Morgan fingerprint density at radius 3 is 2.19 bits per heavy atom. The van der Waals surface area contributed by atoms with Gasteiger partial charge >= 0.3 is 0 Å². The summed E-state index contributed by atoms with van der Waals surface area (Å²) in [6.45, 7) is 0.326. The van der Waals surface area contributed by atoms with Gasteiger partial charge in [0.15, 0.2) is 0 Å². The van der Waals surface area contributed by atoms with Crippen molar-refractivity contribution in [3.8, 4) is 0 Å². The molecule has 2 aromatic rings. The van der Waals surface area contributed by atoms with Crippen molar-refractivity contribution in [1.82, 2.24) is 9.62 Å². The molecule has 1 amide bonds. The summed E-state index contributed by atoms with van der Waals surface area (Å²) in [5, 5.41) is 2.96. The van der Waals surface area contributed by atoms with Crippen LogP contribution in [0, 0.1) is 0 Å². The summed E-state index contributed by atoms with van der Waals surface area (Å²) in [7, 11) is -3.52. The van der Waals surface area contributed by atoms with E-state index < -0.39 is 10.0 Å². The minimum Gasteiger partial charge on any atom is -0.349 e. The second-order valence-corrected chi connectivity index (χ2v) is 8.93. The molecule has 0 aliphatic heterocycles. The smallest absolute Gasteiger partial charge is 0.251 e. The monoisotopic (exact) mass is 370 g/mol. The first-order valence-corrected chi connectivity index (χ1v) is 10.4. The van der Waals surface area contributed by atoms with Crippen LogP contribution >= 0.6 is 0 Å². The summed E-state index contributed by atoms with van der Waals surface area (Å²) in [6.07, 6.45) is 3.90. The fourth-order valence-electron chi connectivity index (χ4n) is 2.94. The van der Waals surface area contributed by atoms with E-state index in [9.17, 15) is 13.2 Å². The summed E-state index contributed by atoms with van der Waals surface area (Å²) >= 11 is 0. The molecule has 0 bridgehead atoms. The van der Waals surface area contributed by atoms with E-state index in [-0.39, 0.29) is 11.9 Å². The topological polar surface area (TPSA) is 66.5 Å². The van der Waals surface area contributed by atoms with Gasteiger partial charge in [0.1, 0.15) is 0 Å². The standard InChI is InChI=1S/C20H22N2O3S/c23-20(21-17-10-11-17)16-8-6-15(7-9-16)14-22(18-12-13-18)26(24,25)19-4-2-1-3-5-19/h1-9,17-18H,10-14H2,(H,21,23). The summed E-state index contributed by atoms with van der Waals surface area (Å²) in [5.41, 5.74) is 1.50. The predicted molar refractivity (Wildman–Crippen MR) is 99.1 cm³/mol. The van der Waals surface area contributed by atoms with E-state index in [1.54, 1.807) is 40.7 Å². The maximum Gasteiger partial charge on any atom is 0.251 e. The van der Waals surface area contributed by atoms with Crippen LogP contribution in [0.1, 0.15) is 41.6 Å². The van der Waals surface area contributed by atoms with Crippen LogP contribution in [0.15, 0.2) is 59.5 Å². The number of benzene rings is 2. The molecule has 0 heterocycles. The van der Waals surface area contributed by atoms with Gasteiger partial charge in [0.05, 0.1) is 4.90 Å². The second kappa shape index (κ2) is 6.85. The molecule has 2 fully saturated rings. The Morgan fingerprint density at radius 1 is 0.962 bits per heavy atom. The van der Waals surface area contributed by atoms with Crippen LogP contribution < -0.4 is 5.32 Å². The lowest BCUT2D eigenvalue weighted by molar-refractivity contribution is 0.0951. The Labute approximate surface area is 154 Å². The zero-order valence-corrected chi connectivity index (χ0v) is 15.3. The molecular weight excluding hydrogens is 348 g/mol. The molecule has 0 unspecified atom stereocenters. The second-order valence-electron chi connectivity index (χ2n) is 7.04. The molecule has 26 heavy (non-hydrogen) atoms. The summed E-state index contributed by atoms with van der Waals surface area (Å²) in [6, 6.07) is 16.2. The van der Waals surface area contributed by atoms with Gasteiger partial charge in [-0.1, -0.05) is 30.3 Å². The van der Waals surface area contributed by atoms with Crippen molar-refractivity contribution in [3.05, 3.63) is 65.7 Å². The summed E-state index contributed by atoms with van der Waals surface area (Å²) < 4.78 is 27.6. The zero-order chi connectivity index (χ0) is 18.1. The van der Waals surface area contributed by atoms with Crippen LogP contribution in [-0.4, -0.2) is 30.7 Å². The van der Waals surface area contributed by atoms with Crippen LogP contribution in [0.25, 0.3) is 0 Å². The van der Waals surface area contributed by atoms with Crippen molar-refractivity contribution >= 4 is 15.9 Å². The molecule has 0 radical (unpaired) electrons. The van der Waals surface area contributed by atoms with Crippen molar-refractivity contribution in [2.45, 2.75) is 49.2 Å². The number of nitrogens with zero attached hydrogens (tertiary/aromatic N) is 1. The Bertz CT molecular complexity index is 886. The highest BCUT2D eigenvalue weighted by molar-refractivity contribution is 7.89. The molecule has 5 nitrogen and oxygen atoms in total. The molecule has 2 aromatic carbocycles. The van der Waals surface area contributed by atoms with Crippen LogP contribution in [-0.2, 0) is 16.6 Å². The highest BCUT2D eigenvalue weighted by Crippen LogP contribution is 2.33. The van der Waals surface area contributed by atoms with Gasteiger partial charge in [0.2, 0.25) is 10.0 Å². The molecule has 0 atom stereocenters. The summed E-state index contributed by atoms with van der Waals surface area (Å²) in [4.78, 5) is 12.4. The van der Waals surface area contributed by atoms with Crippen LogP contribution in [0.2, 0.25) is 0 Å². The number of sulfonamides is 1. The van der Waals surface area contributed by atoms with Gasteiger partial charge < -0.3 is 5.32 Å². The largest absolute Gasteiger partial charge is 0.349 e. The van der Waals surface area contributed by atoms with Crippen LogP contribution in [0.3, 0.4) is 0 Å². The van der Waals surface area contributed by atoms with Crippen LogP contribution in [0.5, 0.6) is 0 Å². The van der Waals surface area contributed by atoms with Gasteiger partial charge in [-0.05, 0) is 55.5 Å². The van der Waals surface area contributed by atoms with E-state index in [0.29, 0.717) is 23.0 Å². The molecule has 0 aromatic heterocycles. The molecule has 136 valence electrons. The van der Waals surface area contributed by atoms with Crippen molar-refractivity contribution in [3.63, 3.8) is 0 Å². The van der Waals surface area contributed by atoms with Crippen molar-refractivity contribution in [1.29, 1.82) is 0 Å². The molecular formula is C20H22N2O3S. The van der Waals surface area contributed by atoms with Crippen molar-refractivity contribution < 1.29 is 13.2 Å². The summed E-state index contributed by atoms with van der Waals surface area (Å²) in [5.74, 6) is -0.0602. The van der Waals surface area contributed by atoms with Gasteiger partial charge in [0.25, 0.3) is 5.91 Å². The third-order valence-electron chi connectivity index (χ3n) is 4.77. The van der Waals surface area contributed by atoms with Crippen molar-refractivity contribution in [2.24, 2.45) is 0 Å². The Hall–Kier alpha value is -2.18. The average Bonchev–Trinajstić information content (AvgIpc) is 3.55. The first-order valence-electron chi connectivity index (χ1n) is 9.01. The number of nitrogens with one attached hydrogen (secondary N) is 1. The Balaban J connectivity index is 1.51. The average molecular weight is 370 g/mol. The fourth-order valence-corrected chi connectivity index (χ4v) is 4.63. The van der Waals surface area contributed by atoms with E-state index in [2.05, 4.69) is 5.32 Å². The fraction of sp³-hybridized carbons (Fsp3) is 0.350. The maximum absolute atomic E-state index is 13.0. The lowest BCUT2D eigenvalue weighted by Crippen LogP contribution is -2.32. The number of hydrogen-bond donors (Lipinski definition) is 1. The quantitative estimate of drug-likeness (QED) is 0.815. The normalized spacial score (nSPS) is 17.3. The van der Waals surface area contributed by atoms with E-state index in [4.69, 9.17) is 0 Å². The zero-order valence-electron chi connectivity index (χ0n) is 14.5. The van der Waals surface area contributed by atoms with E-state index in [1.807, 2.05) is 18.2 Å². The van der Waals surface area contributed by atoms with Gasteiger partial charge in [-0.25, -0.2) is 8.42 Å². The van der Waals surface area contributed by atoms with E-state index in [1.165, 1.54) is 0 Å².